The number of nitrogens with zero attached hydrogens (tertiary/aromatic N) is 1. The van der Waals surface area contributed by atoms with E-state index in [9.17, 15) is 14.4 Å². The summed E-state index contributed by atoms with van der Waals surface area (Å²) in [5, 5.41) is 4.07. The molecule has 6 nitrogen and oxygen atoms in total. The molecular formula is C24H25N3O3. The van der Waals surface area contributed by atoms with Gasteiger partial charge in [-0.25, -0.2) is 0 Å². The average molecular weight is 403 g/mol. The Hall–Kier alpha value is -3.41. The van der Waals surface area contributed by atoms with Gasteiger partial charge < -0.3 is 10.3 Å². The highest BCUT2D eigenvalue weighted by Crippen LogP contribution is 2.27. The first-order chi connectivity index (χ1) is 14.5. The molecule has 30 heavy (non-hydrogen) atoms. The zero-order valence-corrected chi connectivity index (χ0v) is 17.1. The van der Waals surface area contributed by atoms with Crippen LogP contribution >= 0.6 is 0 Å². The molecule has 2 aromatic carbocycles. The molecule has 154 valence electrons. The normalized spacial score (nSPS) is 14.4. The predicted octanol–water partition coefficient (Wildman–Crippen LogP) is 3.54. The number of para-hydroxylation sites is 1. The lowest BCUT2D eigenvalue weighted by Crippen LogP contribution is -2.50. The van der Waals surface area contributed by atoms with Crippen molar-refractivity contribution < 1.29 is 14.4 Å². The van der Waals surface area contributed by atoms with E-state index in [1.165, 1.54) is 0 Å². The summed E-state index contributed by atoms with van der Waals surface area (Å²) in [6, 6.07) is 13.9. The molecule has 2 N–H and O–H groups in total. The lowest BCUT2D eigenvalue weighted by atomic mass is 10.0. The van der Waals surface area contributed by atoms with Crippen molar-refractivity contribution in [2.75, 3.05) is 6.54 Å². The summed E-state index contributed by atoms with van der Waals surface area (Å²) in [4.78, 5) is 43.1. The van der Waals surface area contributed by atoms with E-state index in [4.69, 9.17) is 0 Å². The zero-order chi connectivity index (χ0) is 21.3. The molecule has 0 saturated carbocycles. The number of hydrogen-bond acceptors (Lipinski definition) is 3. The van der Waals surface area contributed by atoms with Crippen molar-refractivity contribution in [3.05, 3.63) is 71.4 Å². The molecule has 4 rings (SSSR count). The van der Waals surface area contributed by atoms with Gasteiger partial charge in [0.15, 0.2) is 0 Å². The number of nitrogens with one attached hydrogen (secondary N) is 2. The van der Waals surface area contributed by atoms with Gasteiger partial charge in [-0.2, -0.15) is 0 Å². The van der Waals surface area contributed by atoms with Gasteiger partial charge in [-0.05, 0) is 42.5 Å². The fourth-order valence-electron chi connectivity index (χ4n) is 4.04. The van der Waals surface area contributed by atoms with Crippen LogP contribution in [0, 0.1) is 5.92 Å². The molecule has 3 aromatic rings. The first-order valence-electron chi connectivity index (χ1n) is 10.3. The Labute approximate surface area is 175 Å². The standard InChI is InChI=1S/C24H25N3O3/c1-15(2)13-21(27-23(29)18-8-3-4-9-19(18)24(27)30)22(28)25-12-11-16-14-26-20-10-6-5-7-17(16)20/h3-10,14-15,21,26H,11-13H2,1-2H3,(H,25,28). The second-order valence-corrected chi connectivity index (χ2v) is 8.07. The Morgan fingerprint density at radius 1 is 1.00 bits per heavy atom. The van der Waals surface area contributed by atoms with Crippen LogP contribution in [-0.2, 0) is 11.2 Å². The number of rotatable bonds is 7. The number of aromatic amines is 1. The lowest BCUT2D eigenvalue weighted by molar-refractivity contribution is -0.125. The molecule has 0 fully saturated rings. The van der Waals surface area contributed by atoms with Crippen LogP contribution in [0.15, 0.2) is 54.7 Å². The Bertz CT molecular complexity index is 1080. The molecule has 1 atom stereocenters. The van der Waals surface area contributed by atoms with Gasteiger partial charge in [-0.3, -0.25) is 19.3 Å². The highest BCUT2D eigenvalue weighted by Gasteiger charge is 2.42. The summed E-state index contributed by atoms with van der Waals surface area (Å²) in [6.07, 6.45) is 3.03. The molecule has 0 spiro atoms. The van der Waals surface area contributed by atoms with Gasteiger partial charge in [0.25, 0.3) is 11.8 Å². The van der Waals surface area contributed by atoms with Crippen molar-refractivity contribution in [3.63, 3.8) is 0 Å². The average Bonchev–Trinajstić information content (AvgIpc) is 3.26. The van der Waals surface area contributed by atoms with Crippen LogP contribution in [0.3, 0.4) is 0 Å². The molecule has 6 heteroatoms. The first kappa shape index (κ1) is 19.9. The maximum absolute atomic E-state index is 13.0. The summed E-state index contributed by atoms with van der Waals surface area (Å²) in [5.74, 6) is -0.933. The number of aromatic nitrogens is 1. The second kappa shape index (κ2) is 8.14. The summed E-state index contributed by atoms with van der Waals surface area (Å²) >= 11 is 0. The van der Waals surface area contributed by atoms with E-state index < -0.39 is 17.9 Å². The minimum Gasteiger partial charge on any atom is -0.361 e. The first-order valence-corrected chi connectivity index (χ1v) is 10.3. The van der Waals surface area contributed by atoms with Crippen LogP contribution in [0.25, 0.3) is 10.9 Å². The molecule has 0 bridgehead atoms. The molecule has 0 aliphatic carbocycles. The number of benzene rings is 2. The van der Waals surface area contributed by atoms with E-state index in [0.717, 1.165) is 21.4 Å². The molecule has 1 aliphatic rings. The van der Waals surface area contributed by atoms with Crippen molar-refractivity contribution in [2.45, 2.75) is 32.7 Å². The highest BCUT2D eigenvalue weighted by atomic mass is 16.2. The SMILES string of the molecule is CC(C)CC(C(=O)NCCc1c[nH]c2ccccc12)N1C(=O)c2ccccc2C1=O. The second-order valence-electron chi connectivity index (χ2n) is 8.07. The highest BCUT2D eigenvalue weighted by molar-refractivity contribution is 6.22. The third kappa shape index (κ3) is 3.61. The van der Waals surface area contributed by atoms with Crippen LogP contribution < -0.4 is 5.32 Å². The number of carbonyl (C=O) groups excluding carboxylic acids is 3. The van der Waals surface area contributed by atoms with E-state index in [1.807, 2.05) is 44.3 Å². The summed E-state index contributed by atoms with van der Waals surface area (Å²) < 4.78 is 0. The van der Waals surface area contributed by atoms with Crippen LogP contribution in [0.1, 0.15) is 46.5 Å². The smallest absolute Gasteiger partial charge is 0.262 e. The monoisotopic (exact) mass is 403 g/mol. The van der Waals surface area contributed by atoms with Gasteiger partial charge in [0.1, 0.15) is 6.04 Å². The molecular weight excluding hydrogens is 378 g/mol. The van der Waals surface area contributed by atoms with Crippen LogP contribution in [0.4, 0.5) is 0 Å². The maximum Gasteiger partial charge on any atom is 0.262 e. The third-order valence-electron chi connectivity index (χ3n) is 5.50. The topological polar surface area (TPSA) is 82.3 Å². The quantitative estimate of drug-likeness (QED) is 0.592. The minimum absolute atomic E-state index is 0.152. The number of amides is 3. The van der Waals surface area contributed by atoms with Gasteiger partial charge in [-0.15, -0.1) is 0 Å². The fraction of sp³-hybridized carbons (Fsp3) is 0.292. The minimum atomic E-state index is -0.819. The molecule has 1 unspecified atom stereocenters. The molecule has 3 amide bonds. The van der Waals surface area contributed by atoms with Crippen molar-refractivity contribution in [1.82, 2.24) is 15.2 Å². The largest absolute Gasteiger partial charge is 0.361 e. The number of fused-ring (bicyclic) bond motifs is 2. The van der Waals surface area contributed by atoms with Crippen LogP contribution in [0.5, 0.6) is 0 Å². The Balaban J connectivity index is 1.48. The van der Waals surface area contributed by atoms with Gasteiger partial charge >= 0.3 is 0 Å². The number of hydrogen-bond donors (Lipinski definition) is 2. The van der Waals surface area contributed by atoms with E-state index in [0.29, 0.717) is 30.5 Å². The number of imide groups is 1. The Morgan fingerprint density at radius 3 is 2.30 bits per heavy atom. The predicted molar refractivity (Wildman–Crippen MR) is 115 cm³/mol. The molecule has 2 heterocycles. The molecule has 0 saturated heterocycles. The van der Waals surface area contributed by atoms with E-state index in [-0.39, 0.29) is 11.8 Å². The van der Waals surface area contributed by atoms with Crippen molar-refractivity contribution in [3.8, 4) is 0 Å². The van der Waals surface area contributed by atoms with Gasteiger partial charge in [0.2, 0.25) is 5.91 Å². The van der Waals surface area contributed by atoms with Gasteiger partial charge in [0, 0.05) is 23.6 Å². The Morgan fingerprint density at radius 2 is 1.63 bits per heavy atom. The lowest BCUT2D eigenvalue weighted by Gasteiger charge is -2.26. The summed E-state index contributed by atoms with van der Waals surface area (Å²) in [6.45, 7) is 4.38. The van der Waals surface area contributed by atoms with Crippen LogP contribution in [-0.4, -0.2) is 40.2 Å². The number of H-pyrrole nitrogens is 1. The van der Waals surface area contributed by atoms with E-state index in [1.54, 1.807) is 24.3 Å². The molecule has 1 aliphatic heterocycles. The fourth-order valence-corrected chi connectivity index (χ4v) is 4.04. The third-order valence-corrected chi connectivity index (χ3v) is 5.50. The van der Waals surface area contributed by atoms with E-state index >= 15 is 0 Å². The van der Waals surface area contributed by atoms with Crippen molar-refractivity contribution >= 4 is 28.6 Å². The molecule has 1 aromatic heterocycles. The van der Waals surface area contributed by atoms with Crippen molar-refractivity contribution in [2.24, 2.45) is 5.92 Å². The van der Waals surface area contributed by atoms with Gasteiger partial charge in [0.05, 0.1) is 11.1 Å². The summed E-state index contributed by atoms with van der Waals surface area (Å²) in [5.41, 5.74) is 2.90. The number of carbonyl (C=O) groups is 3. The summed E-state index contributed by atoms with van der Waals surface area (Å²) in [7, 11) is 0. The van der Waals surface area contributed by atoms with Gasteiger partial charge in [-0.1, -0.05) is 44.2 Å². The van der Waals surface area contributed by atoms with E-state index in [2.05, 4.69) is 10.3 Å². The maximum atomic E-state index is 13.0. The van der Waals surface area contributed by atoms with Crippen molar-refractivity contribution in [1.29, 1.82) is 0 Å². The molecule has 0 radical (unpaired) electrons. The zero-order valence-electron chi connectivity index (χ0n) is 17.1. The Kier molecular flexibility index (Phi) is 5.40. The van der Waals surface area contributed by atoms with Crippen LogP contribution in [0.2, 0.25) is 0 Å².